The molecule has 1 atom stereocenters. The van der Waals surface area contributed by atoms with Crippen molar-refractivity contribution in [2.24, 2.45) is 5.41 Å². The van der Waals surface area contributed by atoms with Gasteiger partial charge in [-0.15, -0.1) is 0 Å². The number of allylic oxidation sites excluding steroid dienone is 3. The molecule has 4 rings (SSSR count). The monoisotopic (exact) mass is 438 g/mol. The first-order valence-electron chi connectivity index (χ1n) is 10.2. The van der Waals surface area contributed by atoms with Crippen molar-refractivity contribution in [2.75, 3.05) is 5.32 Å². The fourth-order valence-electron chi connectivity index (χ4n) is 4.49. The van der Waals surface area contributed by atoms with E-state index < -0.39 is 5.92 Å². The summed E-state index contributed by atoms with van der Waals surface area (Å²) in [5, 5.41) is 6.66. The Morgan fingerprint density at radius 3 is 2.48 bits per heavy atom. The minimum Gasteiger partial charge on any atom is -0.362 e. The molecular weight excluding hydrogens is 415 g/mol. The molecule has 0 fully saturated rings. The van der Waals surface area contributed by atoms with Crippen LogP contribution in [0.4, 0.5) is 10.1 Å². The van der Waals surface area contributed by atoms with Crippen molar-refractivity contribution in [3.8, 4) is 0 Å². The lowest BCUT2D eigenvalue weighted by atomic mass is 9.68. The number of carbonyl (C=O) groups excluding carboxylic acids is 2. The van der Waals surface area contributed by atoms with E-state index in [1.807, 2.05) is 25.1 Å². The normalized spacial score (nSPS) is 20.3. The fourth-order valence-corrected chi connectivity index (χ4v) is 4.73. The molecule has 1 aliphatic carbocycles. The molecule has 0 unspecified atom stereocenters. The molecule has 1 aliphatic heterocycles. The van der Waals surface area contributed by atoms with Gasteiger partial charge in [-0.25, -0.2) is 4.39 Å². The number of rotatable bonds is 3. The van der Waals surface area contributed by atoms with Crippen LogP contribution in [0.5, 0.6) is 0 Å². The van der Waals surface area contributed by atoms with Crippen LogP contribution in [0, 0.1) is 11.2 Å². The number of amides is 1. The predicted molar refractivity (Wildman–Crippen MR) is 120 cm³/mol. The summed E-state index contributed by atoms with van der Waals surface area (Å²) in [4.78, 5) is 26.7. The van der Waals surface area contributed by atoms with E-state index in [0.29, 0.717) is 40.4 Å². The SMILES string of the molecule is CC1=C(C(=O)Nc2ccc(F)cc2)[C@H](c2ccccc2Cl)C2=C(CC(C)(C)CC2=O)N1. The summed E-state index contributed by atoms with van der Waals surface area (Å²) in [5.41, 5.74) is 3.58. The number of hydrogen-bond donors (Lipinski definition) is 2. The maximum Gasteiger partial charge on any atom is 0.254 e. The van der Waals surface area contributed by atoms with Crippen LogP contribution in [-0.2, 0) is 9.59 Å². The van der Waals surface area contributed by atoms with Gasteiger partial charge in [0.2, 0.25) is 0 Å². The molecule has 2 aliphatic rings. The van der Waals surface area contributed by atoms with Crippen molar-refractivity contribution in [2.45, 2.75) is 39.5 Å². The first kappa shape index (κ1) is 21.3. The smallest absolute Gasteiger partial charge is 0.254 e. The molecular formula is C25H24ClFN2O2. The van der Waals surface area contributed by atoms with E-state index in [0.717, 1.165) is 11.3 Å². The Hall–Kier alpha value is -2.92. The minimum atomic E-state index is -0.575. The summed E-state index contributed by atoms with van der Waals surface area (Å²) >= 11 is 6.54. The maximum atomic E-state index is 13.4. The van der Waals surface area contributed by atoms with Gasteiger partial charge in [0.25, 0.3) is 5.91 Å². The molecule has 160 valence electrons. The van der Waals surface area contributed by atoms with Crippen LogP contribution in [0.1, 0.15) is 45.1 Å². The molecule has 1 amide bonds. The molecule has 0 bridgehead atoms. The van der Waals surface area contributed by atoms with Crippen LogP contribution < -0.4 is 10.6 Å². The molecule has 0 radical (unpaired) electrons. The molecule has 31 heavy (non-hydrogen) atoms. The number of anilines is 1. The van der Waals surface area contributed by atoms with Gasteiger partial charge in [-0.1, -0.05) is 43.6 Å². The number of nitrogens with one attached hydrogen (secondary N) is 2. The second kappa shape index (κ2) is 7.97. The van der Waals surface area contributed by atoms with Crippen LogP contribution >= 0.6 is 11.6 Å². The maximum absolute atomic E-state index is 13.4. The summed E-state index contributed by atoms with van der Waals surface area (Å²) in [7, 11) is 0. The second-order valence-electron chi connectivity index (χ2n) is 8.91. The summed E-state index contributed by atoms with van der Waals surface area (Å²) < 4.78 is 13.3. The van der Waals surface area contributed by atoms with E-state index in [-0.39, 0.29) is 22.9 Å². The number of Topliss-reactive ketones (excluding diaryl/α,β-unsaturated/α-hetero) is 1. The van der Waals surface area contributed by atoms with Crippen LogP contribution in [0.2, 0.25) is 5.02 Å². The predicted octanol–water partition coefficient (Wildman–Crippen LogP) is 5.72. The quantitative estimate of drug-likeness (QED) is 0.644. The molecule has 2 aromatic carbocycles. The minimum absolute atomic E-state index is 0.0169. The van der Waals surface area contributed by atoms with E-state index in [1.165, 1.54) is 24.3 Å². The Kier molecular flexibility index (Phi) is 5.48. The molecule has 0 spiro atoms. The highest BCUT2D eigenvalue weighted by atomic mass is 35.5. The van der Waals surface area contributed by atoms with E-state index in [1.54, 1.807) is 6.07 Å². The lowest BCUT2D eigenvalue weighted by Crippen LogP contribution is -2.39. The van der Waals surface area contributed by atoms with Gasteiger partial charge in [-0.2, -0.15) is 0 Å². The van der Waals surface area contributed by atoms with Gasteiger partial charge in [-0.05, 0) is 54.7 Å². The van der Waals surface area contributed by atoms with Gasteiger partial charge in [0.1, 0.15) is 5.82 Å². The third-order valence-electron chi connectivity index (χ3n) is 5.80. The van der Waals surface area contributed by atoms with Crippen molar-refractivity contribution in [3.05, 3.63) is 87.5 Å². The number of hydrogen-bond acceptors (Lipinski definition) is 3. The summed E-state index contributed by atoms with van der Waals surface area (Å²) in [5.74, 6) is -1.30. The second-order valence-corrected chi connectivity index (χ2v) is 9.32. The average molecular weight is 439 g/mol. The van der Waals surface area contributed by atoms with Gasteiger partial charge in [-0.3, -0.25) is 9.59 Å². The number of benzene rings is 2. The first-order chi connectivity index (χ1) is 14.7. The van der Waals surface area contributed by atoms with Crippen LogP contribution in [0.25, 0.3) is 0 Å². The van der Waals surface area contributed by atoms with Gasteiger partial charge in [0.15, 0.2) is 5.78 Å². The van der Waals surface area contributed by atoms with Crippen LogP contribution in [-0.4, -0.2) is 11.7 Å². The van der Waals surface area contributed by atoms with E-state index >= 15 is 0 Å². The lowest BCUT2D eigenvalue weighted by Gasteiger charge is -2.39. The Bertz CT molecular complexity index is 1130. The largest absolute Gasteiger partial charge is 0.362 e. The standard InChI is InChI=1S/C25H24ClFN2O2/c1-14-21(24(31)29-16-10-8-15(27)9-11-16)22(17-6-4-5-7-18(17)26)23-19(28-14)12-25(2,3)13-20(23)30/h4-11,22,28H,12-13H2,1-3H3,(H,29,31)/t22-/m0/s1. The molecule has 0 aromatic heterocycles. The van der Waals surface area contributed by atoms with Gasteiger partial charge in [0.05, 0.1) is 0 Å². The third kappa shape index (κ3) is 4.15. The Balaban J connectivity index is 1.81. The highest BCUT2D eigenvalue weighted by Gasteiger charge is 2.43. The molecule has 6 heteroatoms. The van der Waals surface area contributed by atoms with E-state index in [9.17, 15) is 14.0 Å². The van der Waals surface area contributed by atoms with Gasteiger partial charge >= 0.3 is 0 Å². The van der Waals surface area contributed by atoms with Gasteiger partial charge < -0.3 is 10.6 Å². The summed E-state index contributed by atoms with van der Waals surface area (Å²) in [6, 6.07) is 12.9. The highest BCUT2D eigenvalue weighted by Crippen LogP contribution is 2.47. The van der Waals surface area contributed by atoms with Crippen LogP contribution in [0.3, 0.4) is 0 Å². The van der Waals surface area contributed by atoms with Gasteiger partial charge in [0, 0.05) is 45.6 Å². The van der Waals surface area contributed by atoms with Crippen molar-refractivity contribution < 1.29 is 14.0 Å². The number of dihydropyridines is 1. The lowest BCUT2D eigenvalue weighted by molar-refractivity contribution is -0.118. The molecule has 1 heterocycles. The molecule has 2 N–H and O–H groups in total. The zero-order chi connectivity index (χ0) is 22.3. The molecule has 0 saturated carbocycles. The van der Waals surface area contributed by atoms with Crippen molar-refractivity contribution in [3.63, 3.8) is 0 Å². The average Bonchev–Trinajstić information content (AvgIpc) is 2.68. The zero-order valence-electron chi connectivity index (χ0n) is 17.7. The fraction of sp³-hybridized carbons (Fsp3) is 0.280. The summed E-state index contributed by atoms with van der Waals surface area (Å²) in [6.07, 6.45) is 1.11. The Morgan fingerprint density at radius 1 is 1.13 bits per heavy atom. The van der Waals surface area contributed by atoms with E-state index in [2.05, 4.69) is 24.5 Å². The Morgan fingerprint density at radius 2 is 1.81 bits per heavy atom. The molecule has 2 aromatic rings. The van der Waals surface area contributed by atoms with Crippen LogP contribution in [0.15, 0.2) is 71.1 Å². The summed E-state index contributed by atoms with van der Waals surface area (Å²) in [6.45, 7) is 5.96. The molecule has 0 saturated heterocycles. The van der Waals surface area contributed by atoms with Crippen molar-refractivity contribution in [1.29, 1.82) is 0 Å². The number of ketones is 1. The molecule has 4 nitrogen and oxygen atoms in total. The third-order valence-corrected chi connectivity index (χ3v) is 6.15. The number of carbonyl (C=O) groups is 2. The van der Waals surface area contributed by atoms with Crippen molar-refractivity contribution >= 4 is 29.0 Å². The Labute approximate surface area is 186 Å². The van der Waals surface area contributed by atoms with Crippen molar-refractivity contribution in [1.82, 2.24) is 5.32 Å². The number of halogens is 2. The topological polar surface area (TPSA) is 58.2 Å². The first-order valence-corrected chi connectivity index (χ1v) is 10.6. The highest BCUT2D eigenvalue weighted by molar-refractivity contribution is 6.31. The zero-order valence-corrected chi connectivity index (χ0v) is 18.4. The van der Waals surface area contributed by atoms with E-state index in [4.69, 9.17) is 11.6 Å².